The SMILES string of the molecule is O=[N+]([O-])c1ccc(CNC2CCCOC2)cc1. The van der Waals surface area contributed by atoms with Crippen LogP contribution in [-0.4, -0.2) is 24.2 Å². The maximum Gasteiger partial charge on any atom is 0.269 e. The Morgan fingerprint density at radius 3 is 2.76 bits per heavy atom. The Hall–Kier alpha value is -1.46. The van der Waals surface area contributed by atoms with Crippen LogP contribution in [0.3, 0.4) is 0 Å². The zero-order valence-electron chi connectivity index (χ0n) is 9.59. The first-order valence-corrected chi connectivity index (χ1v) is 5.80. The van der Waals surface area contributed by atoms with Crippen molar-refractivity contribution in [1.29, 1.82) is 0 Å². The van der Waals surface area contributed by atoms with Gasteiger partial charge in [-0.1, -0.05) is 12.1 Å². The van der Waals surface area contributed by atoms with Gasteiger partial charge in [0.1, 0.15) is 0 Å². The Bertz CT molecular complexity index is 372. The predicted molar refractivity (Wildman–Crippen MR) is 63.8 cm³/mol. The fourth-order valence-corrected chi connectivity index (χ4v) is 1.90. The Morgan fingerprint density at radius 2 is 2.18 bits per heavy atom. The minimum atomic E-state index is -0.383. The molecule has 1 fully saturated rings. The molecular formula is C12H16N2O3. The first kappa shape index (κ1) is 12.0. The topological polar surface area (TPSA) is 64.4 Å². The van der Waals surface area contributed by atoms with Gasteiger partial charge in [-0.3, -0.25) is 10.1 Å². The molecule has 0 amide bonds. The summed E-state index contributed by atoms with van der Waals surface area (Å²) < 4.78 is 5.37. The van der Waals surface area contributed by atoms with E-state index in [-0.39, 0.29) is 10.6 Å². The van der Waals surface area contributed by atoms with Crippen LogP contribution >= 0.6 is 0 Å². The van der Waals surface area contributed by atoms with Gasteiger partial charge in [0.2, 0.25) is 0 Å². The number of nitrogens with zero attached hydrogens (tertiary/aromatic N) is 1. The molecule has 1 N–H and O–H groups in total. The van der Waals surface area contributed by atoms with Gasteiger partial charge in [-0.2, -0.15) is 0 Å². The quantitative estimate of drug-likeness (QED) is 0.640. The van der Waals surface area contributed by atoms with E-state index in [0.29, 0.717) is 6.04 Å². The number of nitrogens with one attached hydrogen (secondary N) is 1. The fraction of sp³-hybridized carbons (Fsp3) is 0.500. The summed E-state index contributed by atoms with van der Waals surface area (Å²) in [5.41, 5.74) is 1.19. The van der Waals surface area contributed by atoms with Crippen LogP contribution in [-0.2, 0) is 11.3 Å². The molecule has 1 saturated heterocycles. The molecule has 1 aromatic rings. The summed E-state index contributed by atoms with van der Waals surface area (Å²) in [5, 5.41) is 13.9. The van der Waals surface area contributed by atoms with Crippen molar-refractivity contribution in [2.24, 2.45) is 0 Å². The molecule has 0 aliphatic carbocycles. The van der Waals surface area contributed by atoms with Crippen molar-refractivity contribution >= 4 is 5.69 Å². The third-order valence-corrected chi connectivity index (χ3v) is 2.90. The van der Waals surface area contributed by atoms with Gasteiger partial charge in [0, 0.05) is 31.3 Å². The van der Waals surface area contributed by atoms with E-state index in [1.165, 1.54) is 12.1 Å². The number of rotatable bonds is 4. The van der Waals surface area contributed by atoms with Gasteiger partial charge in [-0.15, -0.1) is 0 Å². The molecule has 1 aromatic carbocycles. The molecule has 5 nitrogen and oxygen atoms in total. The first-order valence-electron chi connectivity index (χ1n) is 5.80. The van der Waals surface area contributed by atoms with Crippen molar-refractivity contribution in [2.45, 2.75) is 25.4 Å². The van der Waals surface area contributed by atoms with Crippen molar-refractivity contribution < 1.29 is 9.66 Å². The molecule has 17 heavy (non-hydrogen) atoms. The minimum Gasteiger partial charge on any atom is -0.380 e. The van der Waals surface area contributed by atoms with Gasteiger partial charge in [-0.25, -0.2) is 0 Å². The van der Waals surface area contributed by atoms with E-state index in [0.717, 1.165) is 38.2 Å². The highest BCUT2D eigenvalue weighted by atomic mass is 16.6. The number of nitro benzene ring substituents is 1. The molecular weight excluding hydrogens is 220 g/mol. The van der Waals surface area contributed by atoms with E-state index in [4.69, 9.17) is 4.74 Å². The smallest absolute Gasteiger partial charge is 0.269 e. The molecule has 1 unspecified atom stereocenters. The van der Waals surface area contributed by atoms with E-state index >= 15 is 0 Å². The fourth-order valence-electron chi connectivity index (χ4n) is 1.90. The molecule has 1 atom stereocenters. The largest absolute Gasteiger partial charge is 0.380 e. The number of hydrogen-bond acceptors (Lipinski definition) is 4. The van der Waals surface area contributed by atoms with Crippen LogP contribution in [0.5, 0.6) is 0 Å². The lowest BCUT2D eigenvalue weighted by Gasteiger charge is -2.23. The maximum atomic E-state index is 10.5. The molecule has 0 radical (unpaired) electrons. The van der Waals surface area contributed by atoms with Gasteiger partial charge in [0.15, 0.2) is 0 Å². The minimum absolute atomic E-state index is 0.134. The lowest BCUT2D eigenvalue weighted by atomic mass is 10.1. The van der Waals surface area contributed by atoms with E-state index in [9.17, 15) is 10.1 Å². The standard InChI is InChI=1S/C12H16N2O3/c15-14(16)12-5-3-10(4-6-12)8-13-11-2-1-7-17-9-11/h3-6,11,13H,1-2,7-9H2. The lowest BCUT2D eigenvalue weighted by molar-refractivity contribution is -0.384. The predicted octanol–water partition coefficient (Wildman–Crippen LogP) is 1.86. The molecule has 0 bridgehead atoms. The molecule has 1 aliphatic heterocycles. The third kappa shape index (κ3) is 3.51. The average molecular weight is 236 g/mol. The summed E-state index contributed by atoms with van der Waals surface area (Å²) in [6.45, 7) is 2.34. The first-order chi connectivity index (χ1) is 8.25. The van der Waals surface area contributed by atoms with E-state index < -0.39 is 0 Å². The Balaban J connectivity index is 1.84. The summed E-state index contributed by atoms with van der Waals surface area (Å²) in [6, 6.07) is 7.05. The van der Waals surface area contributed by atoms with Crippen molar-refractivity contribution in [3.05, 3.63) is 39.9 Å². The molecule has 2 rings (SSSR count). The van der Waals surface area contributed by atoms with Crippen molar-refractivity contribution in [3.8, 4) is 0 Å². The zero-order valence-corrected chi connectivity index (χ0v) is 9.59. The summed E-state index contributed by atoms with van der Waals surface area (Å²) in [6.07, 6.45) is 2.23. The van der Waals surface area contributed by atoms with Crippen LogP contribution in [0.25, 0.3) is 0 Å². The normalized spacial score (nSPS) is 20.1. The van der Waals surface area contributed by atoms with Gasteiger partial charge in [0.25, 0.3) is 5.69 Å². The average Bonchev–Trinajstić information content (AvgIpc) is 2.38. The van der Waals surface area contributed by atoms with Gasteiger partial charge >= 0.3 is 0 Å². The van der Waals surface area contributed by atoms with Crippen LogP contribution in [0.2, 0.25) is 0 Å². The highest BCUT2D eigenvalue weighted by molar-refractivity contribution is 5.32. The van der Waals surface area contributed by atoms with Gasteiger partial charge < -0.3 is 10.1 Å². The second kappa shape index (κ2) is 5.75. The van der Waals surface area contributed by atoms with E-state index in [1.807, 2.05) is 0 Å². The molecule has 0 aromatic heterocycles. The zero-order chi connectivity index (χ0) is 12.1. The van der Waals surface area contributed by atoms with Crippen molar-refractivity contribution in [2.75, 3.05) is 13.2 Å². The number of non-ortho nitro benzene ring substituents is 1. The van der Waals surface area contributed by atoms with E-state index in [1.54, 1.807) is 12.1 Å². The number of hydrogen-bond donors (Lipinski definition) is 1. The van der Waals surface area contributed by atoms with Crippen molar-refractivity contribution in [3.63, 3.8) is 0 Å². The second-order valence-corrected chi connectivity index (χ2v) is 4.22. The van der Waals surface area contributed by atoms with Crippen molar-refractivity contribution in [1.82, 2.24) is 5.32 Å². The summed E-state index contributed by atoms with van der Waals surface area (Å²) in [4.78, 5) is 10.1. The van der Waals surface area contributed by atoms with Crippen LogP contribution in [0, 0.1) is 10.1 Å². The number of ether oxygens (including phenoxy) is 1. The third-order valence-electron chi connectivity index (χ3n) is 2.90. The molecule has 5 heteroatoms. The molecule has 0 spiro atoms. The highest BCUT2D eigenvalue weighted by Gasteiger charge is 2.12. The number of nitro groups is 1. The van der Waals surface area contributed by atoms with Crippen LogP contribution in [0.1, 0.15) is 18.4 Å². The highest BCUT2D eigenvalue weighted by Crippen LogP contribution is 2.12. The molecule has 92 valence electrons. The molecule has 1 aliphatic rings. The maximum absolute atomic E-state index is 10.5. The summed E-state index contributed by atoms with van der Waals surface area (Å²) >= 11 is 0. The number of benzene rings is 1. The van der Waals surface area contributed by atoms with Gasteiger partial charge in [0.05, 0.1) is 11.5 Å². The lowest BCUT2D eigenvalue weighted by Crippen LogP contribution is -2.36. The van der Waals surface area contributed by atoms with Crippen LogP contribution in [0.15, 0.2) is 24.3 Å². The summed E-state index contributed by atoms with van der Waals surface area (Å²) in [7, 11) is 0. The Labute approximate surface area is 99.9 Å². The Morgan fingerprint density at radius 1 is 1.41 bits per heavy atom. The van der Waals surface area contributed by atoms with Crippen LogP contribution in [0.4, 0.5) is 5.69 Å². The Kier molecular flexibility index (Phi) is 4.06. The van der Waals surface area contributed by atoms with Crippen LogP contribution < -0.4 is 5.32 Å². The molecule has 0 saturated carbocycles. The second-order valence-electron chi connectivity index (χ2n) is 4.22. The van der Waals surface area contributed by atoms with E-state index in [2.05, 4.69) is 5.32 Å². The van der Waals surface area contributed by atoms with Gasteiger partial charge in [-0.05, 0) is 18.4 Å². The summed E-state index contributed by atoms with van der Waals surface area (Å²) in [5.74, 6) is 0. The monoisotopic (exact) mass is 236 g/mol. The molecule has 1 heterocycles.